The quantitative estimate of drug-likeness (QED) is 0.808. The highest BCUT2D eigenvalue weighted by Crippen LogP contribution is 2.33. The zero-order valence-electron chi connectivity index (χ0n) is 13.0. The van der Waals surface area contributed by atoms with Gasteiger partial charge in [-0.25, -0.2) is 0 Å². The number of carbonyl (C=O) groups excluding carboxylic acids is 1. The molecule has 4 nitrogen and oxygen atoms in total. The standard InChI is InChI=1S/C18H20BrN3O/c19-15-4-1-3-14-16(7-8-20-17(14)15)21-9-2-10-22(12-11-21)18(23)13-5-6-13/h1,3-4,7-8,13H,2,5-6,9-12H2. The van der Waals surface area contributed by atoms with Crippen LogP contribution in [0.15, 0.2) is 34.9 Å². The number of aromatic nitrogens is 1. The van der Waals surface area contributed by atoms with E-state index in [1.807, 2.05) is 12.3 Å². The van der Waals surface area contributed by atoms with Gasteiger partial charge in [-0.1, -0.05) is 12.1 Å². The van der Waals surface area contributed by atoms with Crippen LogP contribution in [-0.4, -0.2) is 42.0 Å². The van der Waals surface area contributed by atoms with Gasteiger partial charge in [0.05, 0.1) is 5.52 Å². The number of pyridine rings is 1. The maximum absolute atomic E-state index is 12.3. The van der Waals surface area contributed by atoms with Gasteiger partial charge in [-0.15, -0.1) is 0 Å². The van der Waals surface area contributed by atoms with Gasteiger partial charge in [0.1, 0.15) is 0 Å². The van der Waals surface area contributed by atoms with E-state index in [4.69, 9.17) is 0 Å². The third-order valence-corrected chi connectivity index (χ3v) is 5.41. The van der Waals surface area contributed by atoms with Crippen LogP contribution < -0.4 is 4.90 Å². The van der Waals surface area contributed by atoms with Crippen LogP contribution in [0.5, 0.6) is 0 Å². The topological polar surface area (TPSA) is 36.4 Å². The van der Waals surface area contributed by atoms with E-state index in [1.165, 1.54) is 11.1 Å². The van der Waals surface area contributed by atoms with E-state index in [1.54, 1.807) is 0 Å². The molecule has 5 heteroatoms. The fraction of sp³-hybridized carbons (Fsp3) is 0.444. The monoisotopic (exact) mass is 373 g/mol. The van der Waals surface area contributed by atoms with Crippen LogP contribution in [0.4, 0.5) is 5.69 Å². The van der Waals surface area contributed by atoms with Crippen molar-refractivity contribution in [2.75, 3.05) is 31.1 Å². The van der Waals surface area contributed by atoms with Crippen LogP contribution >= 0.6 is 15.9 Å². The van der Waals surface area contributed by atoms with Crippen LogP contribution in [0.2, 0.25) is 0 Å². The fourth-order valence-electron chi connectivity index (χ4n) is 3.37. The van der Waals surface area contributed by atoms with Crippen molar-refractivity contribution >= 4 is 38.4 Å². The van der Waals surface area contributed by atoms with Crippen LogP contribution in [0.3, 0.4) is 0 Å². The molecule has 1 aromatic carbocycles. The predicted octanol–water partition coefficient (Wildman–Crippen LogP) is 3.45. The number of hydrogen-bond acceptors (Lipinski definition) is 3. The number of anilines is 1. The lowest BCUT2D eigenvalue weighted by molar-refractivity contribution is -0.132. The Bertz CT molecular complexity index is 744. The van der Waals surface area contributed by atoms with Gasteiger partial charge in [-0.2, -0.15) is 0 Å². The van der Waals surface area contributed by atoms with Gasteiger partial charge >= 0.3 is 0 Å². The number of rotatable bonds is 2. The number of hydrogen-bond donors (Lipinski definition) is 0. The molecule has 120 valence electrons. The molecular formula is C18H20BrN3O. The lowest BCUT2D eigenvalue weighted by Crippen LogP contribution is -2.36. The number of halogens is 1. The number of fused-ring (bicyclic) bond motifs is 1. The average molecular weight is 374 g/mol. The van der Waals surface area contributed by atoms with E-state index in [0.29, 0.717) is 11.8 Å². The molecule has 1 amide bonds. The Morgan fingerprint density at radius 3 is 2.83 bits per heavy atom. The Hall–Kier alpha value is -1.62. The molecule has 2 fully saturated rings. The van der Waals surface area contributed by atoms with Crippen molar-refractivity contribution in [1.82, 2.24) is 9.88 Å². The summed E-state index contributed by atoms with van der Waals surface area (Å²) in [6.07, 6.45) is 5.07. The van der Waals surface area contributed by atoms with E-state index in [-0.39, 0.29) is 0 Å². The molecule has 2 aliphatic rings. The van der Waals surface area contributed by atoms with Crippen LogP contribution in [0.1, 0.15) is 19.3 Å². The molecule has 0 unspecified atom stereocenters. The first-order valence-electron chi connectivity index (χ1n) is 8.31. The molecule has 2 heterocycles. The van der Waals surface area contributed by atoms with Gasteiger partial charge < -0.3 is 9.80 Å². The summed E-state index contributed by atoms with van der Waals surface area (Å²) >= 11 is 3.59. The van der Waals surface area contributed by atoms with Gasteiger partial charge in [-0.3, -0.25) is 9.78 Å². The molecule has 1 aliphatic carbocycles. The van der Waals surface area contributed by atoms with Crippen molar-refractivity contribution in [2.45, 2.75) is 19.3 Å². The van der Waals surface area contributed by atoms with Crippen molar-refractivity contribution in [3.63, 3.8) is 0 Å². The Labute approximate surface area is 144 Å². The highest BCUT2D eigenvalue weighted by atomic mass is 79.9. The molecule has 1 aliphatic heterocycles. The first-order valence-corrected chi connectivity index (χ1v) is 9.10. The second kappa shape index (κ2) is 6.11. The van der Waals surface area contributed by atoms with E-state index in [9.17, 15) is 4.79 Å². The summed E-state index contributed by atoms with van der Waals surface area (Å²) in [5.74, 6) is 0.688. The summed E-state index contributed by atoms with van der Waals surface area (Å²) in [6.45, 7) is 3.59. The van der Waals surface area contributed by atoms with Gasteiger partial charge in [0.15, 0.2) is 0 Å². The molecule has 2 aromatic rings. The Morgan fingerprint density at radius 2 is 2.00 bits per heavy atom. The zero-order valence-corrected chi connectivity index (χ0v) is 14.6. The molecule has 0 atom stereocenters. The van der Waals surface area contributed by atoms with E-state index in [0.717, 1.165) is 55.4 Å². The fourth-order valence-corrected chi connectivity index (χ4v) is 3.84. The number of para-hydroxylation sites is 1. The highest BCUT2D eigenvalue weighted by molar-refractivity contribution is 9.10. The summed E-state index contributed by atoms with van der Waals surface area (Å²) in [5.41, 5.74) is 2.22. The van der Waals surface area contributed by atoms with Crippen LogP contribution in [0.25, 0.3) is 10.9 Å². The van der Waals surface area contributed by atoms with Crippen LogP contribution in [0, 0.1) is 5.92 Å². The molecule has 1 aromatic heterocycles. The largest absolute Gasteiger partial charge is 0.369 e. The summed E-state index contributed by atoms with van der Waals surface area (Å²) in [6, 6.07) is 8.30. The average Bonchev–Trinajstić information content (AvgIpc) is 3.41. The number of nitrogens with zero attached hydrogens (tertiary/aromatic N) is 3. The molecule has 23 heavy (non-hydrogen) atoms. The number of amides is 1. The van der Waals surface area contributed by atoms with Gasteiger partial charge in [0.2, 0.25) is 5.91 Å². The summed E-state index contributed by atoms with van der Waals surface area (Å²) in [7, 11) is 0. The molecular weight excluding hydrogens is 354 g/mol. The highest BCUT2D eigenvalue weighted by Gasteiger charge is 2.34. The molecule has 1 saturated heterocycles. The minimum absolute atomic E-state index is 0.319. The Balaban J connectivity index is 1.59. The van der Waals surface area contributed by atoms with Crippen molar-refractivity contribution in [3.8, 4) is 0 Å². The van der Waals surface area contributed by atoms with Crippen molar-refractivity contribution in [3.05, 3.63) is 34.9 Å². The predicted molar refractivity (Wildman–Crippen MR) is 95.6 cm³/mol. The van der Waals surface area contributed by atoms with Gasteiger partial charge in [0.25, 0.3) is 0 Å². The maximum atomic E-state index is 12.3. The maximum Gasteiger partial charge on any atom is 0.225 e. The minimum atomic E-state index is 0.319. The molecule has 1 saturated carbocycles. The Morgan fingerprint density at radius 1 is 1.13 bits per heavy atom. The SMILES string of the molecule is O=C(C1CC1)N1CCCN(c2ccnc3c(Br)cccc23)CC1. The first kappa shape index (κ1) is 14.9. The number of carbonyl (C=O) groups is 1. The summed E-state index contributed by atoms with van der Waals surface area (Å²) < 4.78 is 1.03. The van der Waals surface area contributed by atoms with E-state index >= 15 is 0 Å². The second-order valence-corrected chi connectivity index (χ2v) is 7.26. The minimum Gasteiger partial charge on any atom is -0.369 e. The lowest BCUT2D eigenvalue weighted by atomic mass is 10.1. The molecule has 0 N–H and O–H groups in total. The molecule has 0 bridgehead atoms. The Kier molecular flexibility index (Phi) is 3.97. The molecule has 0 spiro atoms. The first-order chi connectivity index (χ1) is 11.2. The van der Waals surface area contributed by atoms with Crippen molar-refractivity contribution < 1.29 is 4.79 Å². The number of benzene rings is 1. The van der Waals surface area contributed by atoms with Crippen molar-refractivity contribution in [1.29, 1.82) is 0 Å². The second-order valence-electron chi connectivity index (χ2n) is 6.41. The third-order valence-electron chi connectivity index (χ3n) is 4.77. The third kappa shape index (κ3) is 2.94. The zero-order chi connectivity index (χ0) is 15.8. The van der Waals surface area contributed by atoms with Crippen molar-refractivity contribution in [2.24, 2.45) is 5.92 Å². The summed E-state index contributed by atoms with van der Waals surface area (Å²) in [4.78, 5) is 21.3. The van der Waals surface area contributed by atoms with Gasteiger partial charge in [0, 0.05) is 53.8 Å². The van der Waals surface area contributed by atoms with Gasteiger partial charge in [-0.05, 0) is 47.3 Å². The van der Waals surface area contributed by atoms with E-state index in [2.05, 4.69) is 48.9 Å². The summed E-state index contributed by atoms with van der Waals surface area (Å²) in [5, 5.41) is 1.17. The molecule has 0 radical (unpaired) electrons. The normalized spacial score (nSPS) is 19.0. The van der Waals surface area contributed by atoms with Crippen LogP contribution in [-0.2, 0) is 4.79 Å². The smallest absolute Gasteiger partial charge is 0.225 e. The lowest BCUT2D eigenvalue weighted by Gasteiger charge is -2.25. The van der Waals surface area contributed by atoms with E-state index < -0.39 is 0 Å². The molecule has 4 rings (SSSR count).